The zero-order valence-electron chi connectivity index (χ0n) is 7.67. The van der Waals surface area contributed by atoms with Crippen LogP contribution in [0.2, 0.25) is 0 Å². The van der Waals surface area contributed by atoms with Crippen molar-refractivity contribution in [2.75, 3.05) is 14.2 Å². The van der Waals surface area contributed by atoms with Crippen molar-refractivity contribution < 1.29 is 4.74 Å². The highest BCUT2D eigenvalue weighted by Crippen LogP contribution is 2.25. The number of hydrogen-bond donors (Lipinski definition) is 2. The molecule has 0 fully saturated rings. The summed E-state index contributed by atoms with van der Waals surface area (Å²) >= 11 is 3.38. The van der Waals surface area contributed by atoms with Crippen molar-refractivity contribution in [3.8, 4) is 5.75 Å². The lowest BCUT2D eigenvalue weighted by Gasteiger charge is -2.14. The first-order valence-corrected chi connectivity index (χ1v) is 4.74. The first-order chi connectivity index (χ1) is 6.19. The number of nitrogens with one attached hydrogen (secondary N) is 1. The Balaban J connectivity index is 3.07. The average Bonchev–Trinajstić information content (AvgIpc) is 2.16. The van der Waals surface area contributed by atoms with Crippen molar-refractivity contribution >= 4 is 15.9 Å². The van der Waals surface area contributed by atoms with Gasteiger partial charge in [-0.3, -0.25) is 0 Å². The van der Waals surface area contributed by atoms with Gasteiger partial charge in [0.1, 0.15) is 5.75 Å². The van der Waals surface area contributed by atoms with E-state index < -0.39 is 0 Å². The van der Waals surface area contributed by atoms with Crippen LogP contribution in [0.5, 0.6) is 5.75 Å². The summed E-state index contributed by atoms with van der Waals surface area (Å²) in [6, 6.07) is 5.75. The van der Waals surface area contributed by atoms with Gasteiger partial charge in [-0.1, -0.05) is 15.9 Å². The summed E-state index contributed by atoms with van der Waals surface area (Å²) in [5.41, 5.74) is 6.77. The van der Waals surface area contributed by atoms with E-state index in [1.807, 2.05) is 25.2 Å². The predicted molar refractivity (Wildman–Crippen MR) is 56.7 cm³/mol. The van der Waals surface area contributed by atoms with E-state index in [0.717, 1.165) is 15.8 Å². The van der Waals surface area contributed by atoms with Crippen molar-refractivity contribution in [2.24, 2.45) is 5.73 Å². The molecule has 3 nitrogen and oxygen atoms in total. The van der Waals surface area contributed by atoms with Gasteiger partial charge >= 0.3 is 0 Å². The molecule has 0 aliphatic rings. The first-order valence-electron chi connectivity index (χ1n) is 3.95. The van der Waals surface area contributed by atoms with Crippen molar-refractivity contribution in [3.63, 3.8) is 0 Å². The predicted octanol–water partition coefficient (Wildman–Crippen LogP) is 1.63. The van der Waals surface area contributed by atoms with Gasteiger partial charge in [0.15, 0.2) is 0 Å². The molecule has 4 heteroatoms. The number of halogens is 1. The third-order valence-electron chi connectivity index (χ3n) is 1.84. The standard InChI is InChI=1S/C9H13BrN2O/c1-12-9(11)7-5-6(10)3-4-8(7)13-2/h3-5,9,12H,11H2,1-2H3. The quantitative estimate of drug-likeness (QED) is 0.796. The van der Waals surface area contributed by atoms with Gasteiger partial charge in [-0.05, 0) is 25.2 Å². The largest absolute Gasteiger partial charge is 0.496 e. The van der Waals surface area contributed by atoms with Crippen LogP contribution in [0.25, 0.3) is 0 Å². The third kappa shape index (κ3) is 2.43. The Kier molecular flexibility index (Phi) is 3.71. The van der Waals surface area contributed by atoms with Crippen LogP contribution in [0.15, 0.2) is 22.7 Å². The summed E-state index contributed by atoms with van der Waals surface area (Å²) < 4.78 is 6.18. The number of hydrogen-bond acceptors (Lipinski definition) is 3. The van der Waals surface area contributed by atoms with Gasteiger partial charge in [-0.2, -0.15) is 0 Å². The molecule has 0 amide bonds. The summed E-state index contributed by atoms with van der Waals surface area (Å²) in [5, 5.41) is 2.96. The Morgan fingerprint density at radius 2 is 2.23 bits per heavy atom. The summed E-state index contributed by atoms with van der Waals surface area (Å²) in [7, 11) is 3.44. The molecule has 0 aliphatic heterocycles. The Morgan fingerprint density at radius 1 is 1.54 bits per heavy atom. The summed E-state index contributed by atoms with van der Waals surface area (Å²) in [6.07, 6.45) is -0.201. The molecule has 1 unspecified atom stereocenters. The maximum Gasteiger partial charge on any atom is 0.125 e. The van der Waals surface area contributed by atoms with Crippen molar-refractivity contribution in [1.82, 2.24) is 5.32 Å². The Bertz CT molecular complexity index is 291. The molecule has 1 rings (SSSR count). The smallest absolute Gasteiger partial charge is 0.125 e. The zero-order valence-corrected chi connectivity index (χ0v) is 9.26. The fraction of sp³-hybridized carbons (Fsp3) is 0.333. The van der Waals surface area contributed by atoms with E-state index in [1.54, 1.807) is 7.11 Å². The molecule has 0 spiro atoms. The Labute approximate surface area is 86.4 Å². The van der Waals surface area contributed by atoms with E-state index >= 15 is 0 Å². The molecule has 0 saturated heterocycles. The van der Waals surface area contributed by atoms with E-state index in [0.29, 0.717) is 0 Å². The SMILES string of the molecule is CNC(N)c1cc(Br)ccc1OC. The van der Waals surface area contributed by atoms with Crippen LogP contribution in [0, 0.1) is 0 Å². The molecule has 0 aromatic heterocycles. The molecule has 0 heterocycles. The molecule has 1 aromatic carbocycles. The molecule has 13 heavy (non-hydrogen) atoms. The second-order valence-corrected chi connectivity index (χ2v) is 3.57. The van der Waals surface area contributed by atoms with Crippen molar-refractivity contribution in [1.29, 1.82) is 0 Å². The van der Waals surface area contributed by atoms with E-state index in [-0.39, 0.29) is 6.17 Å². The van der Waals surface area contributed by atoms with Crippen LogP contribution in [-0.4, -0.2) is 14.2 Å². The monoisotopic (exact) mass is 244 g/mol. The third-order valence-corrected chi connectivity index (χ3v) is 2.33. The van der Waals surface area contributed by atoms with Gasteiger partial charge < -0.3 is 15.8 Å². The second-order valence-electron chi connectivity index (χ2n) is 2.65. The zero-order chi connectivity index (χ0) is 9.84. The lowest BCUT2D eigenvalue weighted by atomic mass is 10.1. The summed E-state index contributed by atoms with van der Waals surface area (Å²) in [5.74, 6) is 0.796. The number of benzene rings is 1. The van der Waals surface area contributed by atoms with Gasteiger partial charge in [-0.25, -0.2) is 0 Å². The molecule has 0 aliphatic carbocycles. The minimum atomic E-state index is -0.201. The highest BCUT2D eigenvalue weighted by atomic mass is 79.9. The molecule has 3 N–H and O–H groups in total. The number of ether oxygens (including phenoxy) is 1. The minimum Gasteiger partial charge on any atom is -0.496 e. The van der Waals surface area contributed by atoms with Gasteiger partial charge in [-0.15, -0.1) is 0 Å². The topological polar surface area (TPSA) is 47.3 Å². The van der Waals surface area contributed by atoms with Crippen LogP contribution in [-0.2, 0) is 0 Å². The maximum absolute atomic E-state index is 5.83. The lowest BCUT2D eigenvalue weighted by molar-refractivity contribution is 0.402. The maximum atomic E-state index is 5.83. The number of nitrogens with two attached hydrogens (primary N) is 1. The van der Waals surface area contributed by atoms with E-state index in [1.165, 1.54) is 0 Å². The second kappa shape index (κ2) is 4.60. The lowest BCUT2D eigenvalue weighted by Crippen LogP contribution is -2.25. The van der Waals surface area contributed by atoms with E-state index in [9.17, 15) is 0 Å². The molecule has 1 aromatic rings. The highest BCUT2D eigenvalue weighted by molar-refractivity contribution is 9.10. The van der Waals surface area contributed by atoms with Crippen molar-refractivity contribution in [3.05, 3.63) is 28.2 Å². The van der Waals surface area contributed by atoms with Crippen LogP contribution >= 0.6 is 15.9 Å². The molecule has 1 atom stereocenters. The van der Waals surface area contributed by atoms with E-state index in [2.05, 4.69) is 21.2 Å². The highest BCUT2D eigenvalue weighted by Gasteiger charge is 2.09. The van der Waals surface area contributed by atoms with Gasteiger partial charge in [0.2, 0.25) is 0 Å². The Morgan fingerprint density at radius 3 is 2.77 bits per heavy atom. The van der Waals surface area contributed by atoms with Gasteiger partial charge in [0.25, 0.3) is 0 Å². The molecular weight excluding hydrogens is 232 g/mol. The fourth-order valence-electron chi connectivity index (χ4n) is 1.10. The van der Waals surface area contributed by atoms with Crippen LogP contribution in [0.3, 0.4) is 0 Å². The van der Waals surface area contributed by atoms with E-state index in [4.69, 9.17) is 10.5 Å². The molecule has 0 radical (unpaired) electrons. The van der Waals surface area contributed by atoms with Crippen molar-refractivity contribution in [2.45, 2.75) is 6.17 Å². The first kappa shape index (κ1) is 10.5. The molecule has 0 bridgehead atoms. The summed E-state index contributed by atoms with van der Waals surface area (Å²) in [4.78, 5) is 0. The molecular formula is C9H13BrN2O. The van der Waals surface area contributed by atoms with Crippen LogP contribution in [0.4, 0.5) is 0 Å². The Hall–Kier alpha value is -0.580. The number of rotatable bonds is 3. The number of methoxy groups -OCH3 is 1. The molecule has 72 valence electrons. The van der Waals surface area contributed by atoms with Crippen LogP contribution < -0.4 is 15.8 Å². The fourth-order valence-corrected chi connectivity index (χ4v) is 1.48. The minimum absolute atomic E-state index is 0.201. The normalized spacial score (nSPS) is 12.6. The summed E-state index contributed by atoms with van der Waals surface area (Å²) in [6.45, 7) is 0. The average molecular weight is 245 g/mol. The van der Waals surface area contributed by atoms with Gasteiger partial charge in [0.05, 0.1) is 13.3 Å². The van der Waals surface area contributed by atoms with Crippen LogP contribution in [0.1, 0.15) is 11.7 Å². The molecule has 0 saturated carbocycles. The van der Waals surface area contributed by atoms with Gasteiger partial charge in [0, 0.05) is 10.0 Å².